The Labute approximate surface area is 175 Å². The molecule has 3 rings (SSSR count). The molecule has 1 aromatic heterocycles. The van der Waals surface area contributed by atoms with Crippen LogP contribution in [0.15, 0.2) is 78.1 Å². The van der Waals surface area contributed by atoms with Gasteiger partial charge in [0.2, 0.25) is 5.88 Å². The Bertz CT molecular complexity index is 963. The van der Waals surface area contributed by atoms with E-state index in [0.717, 1.165) is 3.57 Å². The minimum absolute atomic E-state index is 0.112. The second-order valence-corrected chi connectivity index (χ2v) is 6.85. The van der Waals surface area contributed by atoms with Gasteiger partial charge in [0.05, 0.1) is 0 Å². The maximum atomic E-state index is 11.9. The molecule has 2 aromatic carbocycles. The number of amides is 1. The zero-order valence-electron chi connectivity index (χ0n) is 14.7. The number of carbonyl (C=O) groups is 1. The topological polar surface area (TPSA) is 98.8 Å². The number of amidine groups is 1. The Morgan fingerprint density at radius 1 is 1.11 bits per heavy atom. The second-order valence-electron chi connectivity index (χ2n) is 5.61. The number of oxime groups is 1. The van der Waals surface area contributed by atoms with Crippen molar-refractivity contribution in [1.82, 2.24) is 4.98 Å². The van der Waals surface area contributed by atoms with Gasteiger partial charge in [0.15, 0.2) is 12.4 Å². The normalized spacial score (nSPS) is 11.0. The molecule has 28 heavy (non-hydrogen) atoms. The minimum Gasteiger partial charge on any atom is -0.439 e. The lowest BCUT2D eigenvalue weighted by molar-refractivity contribution is -0.120. The molecule has 0 aliphatic heterocycles. The molecule has 3 aromatic rings. The van der Waals surface area contributed by atoms with Crippen LogP contribution >= 0.6 is 22.6 Å². The highest BCUT2D eigenvalue weighted by molar-refractivity contribution is 14.1. The molecule has 0 saturated heterocycles. The first-order valence-corrected chi connectivity index (χ1v) is 9.38. The summed E-state index contributed by atoms with van der Waals surface area (Å²) in [5.41, 5.74) is 7.11. The lowest BCUT2D eigenvalue weighted by Gasteiger charge is -2.06. The van der Waals surface area contributed by atoms with E-state index in [-0.39, 0.29) is 18.3 Å². The van der Waals surface area contributed by atoms with Gasteiger partial charge in [-0.15, -0.1) is 0 Å². The van der Waals surface area contributed by atoms with Crippen molar-refractivity contribution >= 4 is 40.0 Å². The van der Waals surface area contributed by atoms with Crippen LogP contribution in [0.2, 0.25) is 0 Å². The van der Waals surface area contributed by atoms with E-state index in [2.05, 4.69) is 38.0 Å². The van der Waals surface area contributed by atoms with E-state index < -0.39 is 0 Å². The smallest absolute Gasteiger partial charge is 0.265 e. The Morgan fingerprint density at radius 2 is 1.93 bits per heavy atom. The van der Waals surface area contributed by atoms with Crippen molar-refractivity contribution in [1.29, 1.82) is 0 Å². The molecule has 1 heterocycles. The number of para-hydroxylation sites is 1. The van der Waals surface area contributed by atoms with Gasteiger partial charge in [0.25, 0.3) is 5.91 Å². The molecule has 0 radical (unpaired) electrons. The van der Waals surface area contributed by atoms with Gasteiger partial charge in [0, 0.05) is 27.1 Å². The molecule has 0 bridgehead atoms. The number of nitrogens with zero attached hydrogens (tertiary/aromatic N) is 2. The van der Waals surface area contributed by atoms with Crippen LogP contribution in [0, 0.1) is 3.57 Å². The van der Waals surface area contributed by atoms with Crippen molar-refractivity contribution in [3.63, 3.8) is 0 Å². The Balaban J connectivity index is 1.51. The van der Waals surface area contributed by atoms with Crippen molar-refractivity contribution in [2.24, 2.45) is 10.9 Å². The van der Waals surface area contributed by atoms with E-state index in [1.54, 1.807) is 18.2 Å². The van der Waals surface area contributed by atoms with Gasteiger partial charge in [-0.05, 0) is 59.0 Å². The molecule has 0 spiro atoms. The van der Waals surface area contributed by atoms with Crippen LogP contribution in [-0.2, 0) is 9.63 Å². The van der Waals surface area contributed by atoms with E-state index in [1.165, 1.54) is 6.20 Å². The number of carbonyl (C=O) groups excluding carboxylic acids is 1. The van der Waals surface area contributed by atoms with Gasteiger partial charge < -0.3 is 20.6 Å². The third-order valence-electron chi connectivity index (χ3n) is 3.46. The predicted molar refractivity (Wildman–Crippen MR) is 115 cm³/mol. The predicted octanol–water partition coefficient (Wildman–Crippen LogP) is 3.75. The van der Waals surface area contributed by atoms with Crippen molar-refractivity contribution in [2.45, 2.75) is 0 Å². The second kappa shape index (κ2) is 9.70. The number of rotatable bonds is 7. The molecule has 142 valence electrons. The van der Waals surface area contributed by atoms with Gasteiger partial charge in [-0.3, -0.25) is 4.79 Å². The monoisotopic (exact) mass is 488 g/mol. The molecule has 3 N–H and O–H groups in total. The summed E-state index contributed by atoms with van der Waals surface area (Å²) in [5.74, 6) is 0.900. The van der Waals surface area contributed by atoms with Crippen LogP contribution in [0.1, 0.15) is 5.56 Å². The molecule has 8 heteroatoms. The molecule has 1 amide bonds. The zero-order valence-corrected chi connectivity index (χ0v) is 16.9. The lowest BCUT2D eigenvalue weighted by atomic mass is 10.3. The van der Waals surface area contributed by atoms with Crippen LogP contribution in [0.4, 0.5) is 5.69 Å². The van der Waals surface area contributed by atoms with E-state index in [1.807, 2.05) is 48.5 Å². The number of nitrogens with one attached hydrogen (secondary N) is 1. The average Bonchev–Trinajstić information content (AvgIpc) is 2.69. The Hall–Kier alpha value is -3.14. The van der Waals surface area contributed by atoms with Crippen LogP contribution in [-0.4, -0.2) is 23.3 Å². The number of hydrogen-bond acceptors (Lipinski definition) is 5. The molecule has 0 atom stereocenters. The summed E-state index contributed by atoms with van der Waals surface area (Å²) >= 11 is 2.17. The van der Waals surface area contributed by atoms with Gasteiger partial charge in [-0.1, -0.05) is 29.4 Å². The molecule has 0 fully saturated rings. The molecule has 0 aliphatic rings. The molecule has 0 saturated carbocycles. The van der Waals surface area contributed by atoms with Gasteiger partial charge in [0.1, 0.15) is 5.75 Å². The summed E-state index contributed by atoms with van der Waals surface area (Å²) < 4.78 is 6.63. The standard InChI is InChI=1S/C20H17IN4O3/c21-15-5-4-6-16(11-15)24-18(26)13-27-25-20(22)14-9-10-19(23-12-14)28-17-7-2-1-3-8-17/h1-12H,13H2,(H2,22,25)(H,24,26). The van der Waals surface area contributed by atoms with Gasteiger partial charge in [-0.2, -0.15) is 0 Å². The summed E-state index contributed by atoms with van der Waals surface area (Å²) in [6.07, 6.45) is 1.52. The third kappa shape index (κ3) is 5.95. The average molecular weight is 488 g/mol. The number of halogens is 1. The van der Waals surface area contributed by atoms with E-state index in [0.29, 0.717) is 22.9 Å². The maximum absolute atomic E-state index is 11.9. The third-order valence-corrected chi connectivity index (χ3v) is 4.14. The van der Waals surface area contributed by atoms with Crippen LogP contribution in [0.5, 0.6) is 11.6 Å². The molecule has 7 nitrogen and oxygen atoms in total. The van der Waals surface area contributed by atoms with Gasteiger partial charge >= 0.3 is 0 Å². The first-order chi connectivity index (χ1) is 13.6. The number of benzene rings is 2. The maximum Gasteiger partial charge on any atom is 0.265 e. The summed E-state index contributed by atoms with van der Waals surface area (Å²) in [6, 6.07) is 20.1. The fourth-order valence-corrected chi connectivity index (χ4v) is 2.72. The number of pyridine rings is 1. The number of aromatic nitrogens is 1. The van der Waals surface area contributed by atoms with Crippen molar-refractivity contribution < 1.29 is 14.4 Å². The Kier molecular flexibility index (Phi) is 6.79. The minimum atomic E-state index is -0.330. The van der Waals surface area contributed by atoms with Crippen molar-refractivity contribution in [3.8, 4) is 11.6 Å². The molecular formula is C20H17IN4O3. The van der Waals surface area contributed by atoms with E-state index in [9.17, 15) is 4.79 Å². The number of anilines is 1. The van der Waals surface area contributed by atoms with Crippen molar-refractivity contribution in [2.75, 3.05) is 11.9 Å². The quantitative estimate of drug-likeness (QED) is 0.229. The largest absolute Gasteiger partial charge is 0.439 e. The van der Waals surface area contributed by atoms with E-state index >= 15 is 0 Å². The first kappa shape index (κ1) is 19.6. The zero-order chi connectivity index (χ0) is 19.8. The SMILES string of the molecule is N/C(=N/OCC(=O)Nc1cccc(I)c1)c1ccc(Oc2ccccc2)nc1. The van der Waals surface area contributed by atoms with E-state index in [4.69, 9.17) is 15.3 Å². The summed E-state index contributed by atoms with van der Waals surface area (Å²) in [6.45, 7) is -0.255. The number of nitrogens with two attached hydrogens (primary N) is 1. The van der Waals surface area contributed by atoms with Crippen LogP contribution < -0.4 is 15.8 Å². The summed E-state index contributed by atoms with van der Waals surface area (Å²) in [4.78, 5) is 21.1. The fraction of sp³-hybridized carbons (Fsp3) is 0.0500. The molecular weight excluding hydrogens is 471 g/mol. The summed E-state index contributed by atoms with van der Waals surface area (Å²) in [7, 11) is 0. The number of hydrogen-bond donors (Lipinski definition) is 2. The van der Waals surface area contributed by atoms with Gasteiger partial charge in [-0.25, -0.2) is 4.98 Å². The molecule has 0 aliphatic carbocycles. The fourth-order valence-electron chi connectivity index (χ4n) is 2.18. The lowest BCUT2D eigenvalue weighted by Crippen LogP contribution is -2.19. The highest BCUT2D eigenvalue weighted by atomic mass is 127. The highest BCUT2D eigenvalue weighted by Gasteiger charge is 2.05. The first-order valence-electron chi connectivity index (χ1n) is 8.30. The summed E-state index contributed by atoms with van der Waals surface area (Å²) in [5, 5.41) is 6.48. The Morgan fingerprint density at radius 3 is 2.64 bits per heavy atom. The van der Waals surface area contributed by atoms with Crippen LogP contribution in [0.3, 0.4) is 0 Å². The molecule has 0 unspecified atom stereocenters. The van der Waals surface area contributed by atoms with Crippen LogP contribution in [0.25, 0.3) is 0 Å². The van der Waals surface area contributed by atoms with Crippen molar-refractivity contribution in [3.05, 3.63) is 82.1 Å². The number of ether oxygens (including phenoxy) is 1. The highest BCUT2D eigenvalue weighted by Crippen LogP contribution is 2.18.